The predicted octanol–water partition coefficient (Wildman–Crippen LogP) is -1.48. The van der Waals surface area contributed by atoms with Crippen molar-refractivity contribution in [2.45, 2.75) is 0 Å². The maximum absolute atomic E-state index is 8.82. The van der Waals surface area contributed by atoms with Gasteiger partial charge in [0.05, 0.1) is 0 Å². The zero-order valence-electron chi connectivity index (χ0n) is 2.83. The van der Waals surface area contributed by atoms with E-state index in [9.17, 15) is 0 Å². The molecule has 0 amide bonds. The molecule has 0 rings (SSSR count). The van der Waals surface area contributed by atoms with Crippen molar-refractivity contribution in [3.63, 3.8) is 0 Å². The van der Waals surface area contributed by atoms with E-state index in [0.29, 0.717) is 0 Å². The first-order chi connectivity index (χ1) is 3.00. The van der Waals surface area contributed by atoms with Gasteiger partial charge in [0.2, 0.25) is 0 Å². The van der Waals surface area contributed by atoms with Crippen LogP contribution in [0.25, 0.3) is 0 Å². The molecule has 49 valence electrons. The van der Waals surface area contributed by atoms with Gasteiger partial charge in [0, 0.05) is 0 Å². The van der Waals surface area contributed by atoms with E-state index in [1.165, 1.54) is 0 Å². The Hall–Kier alpha value is 0.372. The fraction of sp³-hybridized carbons (Fsp3) is 0. The molecule has 0 saturated carbocycles. The van der Waals surface area contributed by atoms with Crippen LogP contribution < -0.4 is 0 Å². The molecule has 7 heteroatoms. The molecule has 0 unspecified atom stereocenters. The zero-order valence-corrected chi connectivity index (χ0v) is 5.05. The fourth-order valence-corrected chi connectivity index (χ4v) is 0. The average Bonchev–Trinajstić information content (AvgIpc) is 1.36. The van der Waals surface area contributed by atoms with Crippen molar-refractivity contribution in [3.05, 3.63) is 0 Å². The SMILES string of the molecule is [O]=[Cr](=[O])([OH])[OH].[O]=[Cu]. The molecule has 0 fully saturated rings. The Balaban J connectivity index is 0. The van der Waals surface area contributed by atoms with Crippen molar-refractivity contribution in [2.24, 2.45) is 0 Å². The molecule has 0 aliphatic carbocycles. The second-order valence-corrected chi connectivity index (χ2v) is 1.85. The Morgan fingerprint density at radius 2 is 1.14 bits per heavy atom. The molecule has 7 heavy (non-hydrogen) atoms. The first-order valence-electron chi connectivity index (χ1n) is 0.822. The molecule has 0 spiro atoms. The molecule has 0 bridgehead atoms. The summed E-state index contributed by atoms with van der Waals surface area (Å²) >= 11 is -2.31. The van der Waals surface area contributed by atoms with E-state index in [1.54, 1.807) is 0 Å². The third kappa shape index (κ3) is 880. The standard InChI is InChI=1S/Cr.Cu.2H2O.3O/h;;2*1H2;;;/q+2;;;;;;/p-2. The van der Waals surface area contributed by atoms with Gasteiger partial charge in [-0.15, -0.1) is 0 Å². The van der Waals surface area contributed by atoms with Crippen LogP contribution in [0.5, 0.6) is 0 Å². The topological polar surface area (TPSA) is 91.7 Å². The summed E-state index contributed by atoms with van der Waals surface area (Å²) in [5.41, 5.74) is 0. The van der Waals surface area contributed by atoms with Gasteiger partial charge in [-0.1, -0.05) is 0 Å². The average molecular weight is 198 g/mol. The molecule has 0 saturated heterocycles. The van der Waals surface area contributed by atoms with Gasteiger partial charge in [-0.3, -0.25) is 0 Å². The minimum atomic E-state index is -5.25. The second-order valence-electron chi connectivity index (χ2n) is 0.448. The molecule has 0 aliphatic heterocycles. The summed E-state index contributed by atoms with van der Waals surface area (Å²) in [6.45, 7) is 0. The van der Waals surface area contributed by atoms with E-state index in [-0.39, 0.29) is 0 Å². The van der Waals surface area contributed by atoms with E-state index < -0.39 is 13.6 Å². The van der Waals surface area contributed by atoms with Gasteiger partial charge in [0.15, 0.2) is 0 Å². The second kappa shape index (κ2) is 4.53. The summed E-state index contributed by atoms with van der Waals surface area (Å²) in [4.78, 5) is 0. The molecular formula is H2CrCuO5. The molecule has 0 aromatic heterocycles. The summed E-state index contributed by atoms with van der Waals surface area (Å²) in [6, 6.07) is 0. The van der Waals surface area contributed by atoms with E-state index >= 15 is 0 Å². The summed E-state index contributed by atoms with van der Waals surface area (Å²) in [5.74, 6) is 0. The van der Waals surface area contributed by atoms with Gasteiger partial charge in [-0.2, -0.15) is 0 Å². The zero-order chi connectivity index (χ0) is 6.50. The number of hydrogen-bond donors (Lipinski definition) is 2. The minimum absolute atomic E-state index is 2.94. The molecule has 0 heterocycles. The van der Waals surface area contributed by atoms with Gasteiger partial charge in [0.25, 0.3) is 0 Å². The van der Waals surface area contributed by atoms with Crippen LogP contribution >= 0.6 is 0 Å². The third-order valence-electron chi connectivity index (χ3n) is 0. The molecule has 0 radical (unpaired) electrons. The molecular weight excluding hydrogens is 196 g/mol. The molecule has 5 nitrogen and oxygen atoms in total. The van der Waals surface area contributed by atoms with Crippen molar-refractivity contribution in [2.75, 3.05) is 0 Å². The van der Waals surface area contributed by atoms with Crippen LogP contribution in [0.3, 0.4) is 0 Å². The van der Waals surface area contributed by atoms with Crippen molar-refractivity contribution in [1.82, 2.24) is 0 Å². The van der Waals surface area contributed by atoms with Crippen LogP contribution in [0.1, 0.15) is 0 Å². The van der Waals surface area contributed by atoms with Gasteiger partial charge in [0.1, 0.15) is 0 Å². The monoisotopic (exact) mass is 197 g/mol. The fourth-order valence-electron chi connectivity index (χ4n) is 0. The van der Waals surface area contributed by atoms with Gasteiger partial charge in [-0.05, 0) is 0 Å². The Morgan fingerprint density at radius 1 is 1.14 bits per heavy atom. The van der Waals surface area contributed by atoms with Crippen LogP contribution in [0, 0.1) is 0 Å². The van der Waals surface area contributed by atoms with Crippen LogP contribution in [0.2, 0.25) is 0 Å². The Morgan fingerprint density at radius 3 is 1.14 bits per heavy atom. The Kier molecular flexibility index (Phi) is 6.71. The van der Waals surface area contributed by atoms with Gasteiger partial charge < -0.3 is 0 Å². The predicted molar refractivity (Wildman–Crippen MR) is 6.50 cm³/mol. The van der Waals surface area contributed by atoms with Crippen molar-refractivity contribution in [1.29, 1.82) is 0 Å². The normalized spacial score (nSPS) is 9.14. The molecule has 0 aliphatic rings. The van der Waals surface area contributed by atoms with Crippen LogP contribution in [0.15, 0.2) is 0 Å². The summed E-state index contributed by atoms with van der Waals surface area (Å²) in [6.07, 6.45) is 0. The van der Waals surface area contributed by atoms with Crippen molar-refractivity contribution < 1.29 is 49.3 Å². The van der Waals surface area contributed by atoms with E-state index in [0.717, 1.165) is 0 Å². The molecule has 0 atom stereocenters. The van der Waals surface area contributed by atoms with E-state index in [2.05, 4.69) is 15.9 Å². The quantitative estimate of drug-likeness (QED) is 0.463. The Labute approximate surface area is 49.7 Å². The maximum atomic E-state index is 8.82. The van der Waals surface area contributed by atoms with E-state index in [1.807, 2.05) is 0 Å². The molecule has 0 aromatic rings. The third-order valence-corrected chi connectivity index (χ3v) is 0. The number of hydrogen-bond acceptors (Lipinski definition) is 3. The van der Waals surface area contributed by atoms with Gasteiger partial charge >= 0.3 is 49.3 Å². The first-order valence-corrected chi connectivity index (χ1v) is 3.39. The van der Waals surface area contributed by atoms with Crippen molar-refractivity contribution >= 4 is 0 Å². The summed E-state index contributed by atoms with van der Waals surface area (Å²) in [7, 11) is 0. The van der Waals surface area contributed by atoms with Crippen LogP contribution in [-0.4, -0.2) is 8.32 Å². The summed E-state index contributed by atoms with van der Waals surface area (Å²) < 4.78 is 39.7. The van der Waals surface area contributed by atoms with Crippen LogP contribution in [-0.2, 0) is 41.0 Å². The first kappa shape index (κ1) is 10.4. The van der Waals surface area contributed by atoms with E-state index in [4.69, 9.17) is 19.8 Å². The van der Waals surface area contributed by atoms with Crippen LogP contribution in [0.4, 0.5) is 0 Å². The number of rotatable bonds is 0. The van der Waals surface area contributed by atoms with Gasteiger partial charge in [-0.25, -0.2) is 0 Å². The molecule has 2 N–H and O–H groups in total. The van der Waals surface area contributed by atoms with Crippen molar-refractivity contribution in [3.8, 4) is 0 Å². The molecule has 0 aromatic carbocycles. The Bertz CT molecular complexity index is 102. The summed E-state index contributed by atoms with van der Waals surface area (Å²) in [5, 5.41) is 0.